The van der Waals surface area contributed by atoms with E-state index in [0.717, 1.165) is 25.4 Å². The molecule has 1 fully saturated rings. The van der Waals surface area contributed by atoms with Crippen LogP contribution in [0, 0.1) is 5.92 Å². The predicted molar refractivity (Wildman–Crippen MR) is 78.9 cm³/mol. The first-order valence-electron chi connectivity index (χ1n) is 7.52. The normalized spacial score (nSPS) is 19.1. The zero-order valence-corrected chi connectivity index (χ0v) is 12.1. The lowest BCUT2D eigenvalue weighted by atomic mass is 9.97. The Morgan fingerprint density at radius 3 is 2.61 bits per heavy atom. The van der Waals surface area contributed by atoms with Crippen LogP contribution >= 0.6 is 0 Å². The molecular weight excluding hydrogens is 224 g/mol. The van der Waals surface area contributed by atoms with Crippen LogP contribution in [0.4, 0.5) is 0 Å². The molecule has 0 unspecified atom stereocenters. The summed E-state index contributed by atoms with van der Waals surface area (Å²) in [4.78, 5) is 7.01. The minimum atomic E-state index is 0.624. The third-order valence-corrected chi connectivity index (χ3v) is 3.60. The zero-order valence-electron chi connectivity index (χ0n) is 12.1. The second-order valence-corrected chi connectivity index (χ2v) is 5.29. The number of guanidine groups is 1. The molecule has 0 aliphatic carbocycles. The zero-order chi connectivity index (χ0) is 13.2. The smallest absolute Gasteiger partial charge is 0.188 e. The standard InChI is InChI=1S/C14H30N4/c1-3-5-8-16-14(15)17-12-13-6-10-18(9-4-2)11-7-13/h13H,3-12H2,1-2H3,(H3,15,16,17). The summed E-state index contributed by atoms with van der Waals surface area (Å²) in [6.45, 7) is 9.98. The maximum atomic E-state index is 5.84. The lowest BCUT2D eigenvalue weighted by Gasteiger charge is -2.30. The summed E-state index contributed by atoms with van der Waals surface area (Å²) in [5.74, 6) is 1.35. The number of nitrogens with zero attached hydrogens (tertiary/aromatic N) is 2. The summed E-state index contributed by atoms with van der Waals surface area (Å²) < 4.78 is 0. The Morgan fingerprint density at radius 1 is 1.28 bits per heavy atom. The largest absolute Gasteiger partial charge is 0.370 e. The minimum absolute atomic E-state index is 0.624. The second kappa shape index (κ2) is 9.20. The van der Waals surface area contributed by atoms with Gasteiger partial charge in [-0.15, -0.1) is 0 Å². The third kappa shape index (κ3) is 6.24. The quantitative estimate of drug-likeness (QED) is 0.414. The number of hydrogen-bond donors (Lipinski definition) is 2. The van der Waals surface area contributed by atoms with Gasteiger partial charge in [0.05, 0.1) is 0 Å². The van der Waals surface area contributed by atoms with Crippen LogP contribution in [-0.4, -0.2) is 43.6 Å². The molecule has 0 radical (unpaired) electrons. The first kappa shape index (κ1) is 15.3. The van der Waals surface area contributed by atoms with Gasteiger partial charge in [0.25, 0.3) is 0 Å². The highest BCUT2D eigenvalue weighted by Gasteiger charge is 2.17. The molecule has 106 valence electrons. The van der Waals surface area contributed by atoms with E-state index in [1.807, 2.05) is 0 Å². The maximum absolute atomic E-state index is 5.84. The molecule has 0 spiro atoms. The molecule has 0 aromatic heterocycles. The third-order valence-electron chi connectivity index (χ3n) is 3.60. The fraction of sp³-hybridized carbons (Fsp3) is 0.929. The van der Waals surface area contributed by atoms with E-state index in [-0.39, 0.29) is 0 Å². The van der Waals surface area contributed by atoms with Crippen LogP contribution in [0.15, 0.2) is 4.99 Å². The van der Waals surface area contributed by atoms with E-state index in [2.05, 4.69) is 29.1 Å². The van der Waals surface area contributed by atoms with E-state index in [9.17, 15) is 0 Å². The molecule has 0 saturated carbocycles. The molecule has 0 aromatic carbocycles. The number of rotatable bonds is 7. The summed E-state index contributed by atoms with van der Waals surface area (Å²) in [5, 5.41) is 3.17. The summed E-state index contributed by atoms with van der Waals surface area (Å²) in [6, 6.07) is 0. The predicted octanol–water partition coefficient (Wildman–Crippen LogP) is 1.81. The lowest BCUT2D eigenvalue weighted by Crippen LogP contribution is -2.36. The van der Waals surface area contributed by atoms with Gasteiger partial charge in [-0.05, 0) is 51.2 Å². The highest BCUT2D eigenvalue weighted by molar-refractivity contribution is 5.77. The molecule has 1 aliphatic heterocycles. The Morgan fingerprint density at radius 2 is 2.00 bits per heavy atom. The molecule has 0 aromatic rings. The van der Waals surface area contributed by atoms with Crippen molar-refractivity contribution < 1.29 is 0 Å². The molecule has 1 rings (SSSR count). The molecule has 4 nitrogen and oxygen atoms in total. The molecule has 3 N–H and O–H groups in total. The number of nitrogens with one attached hydrogen (secondary N) is 1. The van der Waals surface area contributed by atoms with Crippen LogP contribution in [0.3, 0.4) is 0 Å². The van der Waals surface area contributed by atoms with E-state index in [1.54, 1.807) is 0 Å². The van der Waals surface area contributed by atoms with E-state index < -0.39 is 0 Å². The summed E-state index contributed by atoms with van der Waals surface area (Å²) in [7, 11) is 0. The molecule has 0 amide bonds. The molecule has 4 heteroatoms. The van der Waals surface area contributed by atoms with Gasteiger partial charge in [0.15, 0.2) is 5.96 Å². The first-order chi connectivity index (χ1) is 8.76. The van der Waals surface area contributed by atoms with Gasteiger partial charge in [0.1, 0.15) is 0 Å². The molecule has 1 saturated heterocycles. The van der Waals surface area contributed by atoms with E-state index in [0.29, 0.717) is 5.96 Å². The molecule has 18 heavy (non-hydrogen) atoms. The molecular formula is C14H30N4. The Bertz CT molecular complexity index is 232. The van der Waals surface area contributed by atoms with Gasteiger partial charge in [-0.2, -0.15) is 0 Å². The van der Waals surface area contributed by atoms with Gasteiger partial charge in [-0.3, -0.25) is 4.99 Å². The summed E-state index contributed by atoms with van der Waals surface area (Å²) in [5.41, 5.74) is 5.84. The number of piperidine rings is 1. The number of aliphatic imine (C=N–C) groups is 1. The van der Waals surface area contributed by atoms with Crippen molar-refractivity contribution in [1.29, 1.82) is 0 Å². The van der Waals surface area contributed by atoms with Gasteiger partial charge >= 0.3 is 0 Å². The van der Waals surface area contributed by atoms with Crippen molar-refractivity contribution in [3.05, 3.63) is 0 Å². The van der Waals surface area contributed by atoms with Crippen LogP contribution in [0.5, 0.6) is 0 Å². The number of nitrogens with two attached hydrogens (primary N) is 1. The van der Waals surface area contributed by atoms with Gasteiger partial charge < -0.3 is 16.0 Å². The summed E-state index contributed by atoms with van der Waals surface area (Å²) >= 11 is 0. The van der Waals surface area contributed by atoms with Crippen LogP contribution < -0.4 is 11.1 Å². The second-order valence-electron chi connectivity index (χ2n) is 5.29. The summed E-state index contributed by atoms with van der Waals surface area (Å²) in [6.07, 6.45) is 6.15. The van der Waals surface area contributed by atoms with Crippen molar-refractivity contribution in [3.8, 4) is 0 Å². The molecule has 0 atom stereocenters. The number of hydrogen-bond acceptors (Lipinski definition) is 2. The van der Waals surface area contributed by atoms with E-state index in [1.165, 1.54) is 45.3 Å². The Balaban J connectivity index is 2.14. The minimum Gasteiger partial charge on any atom is -0.370 e. The van der Waals surface area contributed by atoms with Crippen molar-refractivity contribution >= 4 is 5.96 Å². The molecule has 0 bridgehead atoms. The fourth-order valence-electron chi connectivity index (χ4n) is 2.39. The van der Waals surface area contributed by atoms with Gasteiger partial charge in [0, 0.05) is 13.1 Å². The van der Waals surface area contributed by atoms with Crippen molar-refractivity contribution in [1.82, 2.24) is 10.2 Å². The highest BCUT2D eigenvalue weighted by Crippen LogP contribution is 2.17. The average Bonchev–Trinajstić information content (AvgIpc) is 2.39. The van der Waals surface area contributed by atoms with Gasteiger partial charge in [0.2, 0.25) is 0 Å². The van der Waals surface area contributed by atoms with Crippen molar-refractivity contribution in [2.75, 3.05) is 32.7 Å². The van der Waals surface area contributed by atoms with Crippen LogP contribution in [0.1, 0.15) is 46.0 Å². The van der Waals surface area contributed by atoms with Crippen LogP contribution in [0.2, 0.25) is 0 Å². The van der Waals surface area contributed by atoms with Crippen molar-refractivity contribution in [3.63, 3.8) is 0 Å². The maximum Gasteiger partial charge on any atom is 0.188 e. The Hall–Kier alpha value is -0.770. The number of likely N-dealkylation sites (tertiary alicyclic amines) is 1. The average molecular weight is 254 g/mol. The van der Waals surface area contributed by atoms with Gasteiger partial charge in [-0.25, -0.2) is 0 Å². The fourth-order valence-corrected chi connectivity index (χ4v) is 2.39. The number of unbranched alkanes of at least 4 members (excludes halogenated alkanes) is 1. The van der Waals surface area contributed by atoms with Crippen LogP contribution in [0.25, 0.3) is 0 Å². The Labute approximate surface area is 112 Å². The Kier molecular flexibility index (Phi) is 7.81. The van der Waals surface area contributed by atoms with Gasteiger partial charge in [-0.1, -0.05) is 20.3 Å². The van der Waals surface area contributed by atoms with E-state index >= 15 is 0 Å². The first-order valence-corrected chi connectivity index (χ1v) is 7.52. The topological polar surface area (TPSA) is 53.6 Å². The monoisotopic (exact) mass is 254 g/mol. The SMILES string of the molecule is CCCCNC(N)=NCC1CCN(CCC)CC1. The molecule has 1 aliphatic rings. The lowest BCUT2D eigenvalue weighted by molar-refractivity contribution is 0.188. The molecule has 1 heterocycles. The van der Waals surface area contributed by atoms with Crippen molar-refractivity contribution in [2.45, 2.75) is 46.0 Å². The highest BCUT2D eigenvalue weighted by atomic mass is 15.1. The van der Waals surface area contributed by atoms with Crippen molar-refractivity contribution in [2.24, 2.45) is 16.6 Å². The van der Waals surface area contributed by atoms with Crippen LogP contribution in [-0.2, 0) is 0 Å². The van der Waals surface area contributed by atoms with E-state index in [4.69, 9.17) is 5.73 Å².